The average Bonchev–Trinajstić information content (AvgIpc) is 3.49. The normalized spacial score (nSPS) is 19.8. The summed E-state index contributed by atoms with van der Waals surface area (Å²) in [4.78, 5) is 26.3. The maximum absolute atomic E-state index is 14.3. The largest absolute Gasteiger partial charge is 0.426 e. The van der Waals surface area contributed by atoms with Crippen LogP contribution >= 0.6 is 0 Å². The third-order valence-corrected chi connectivity index (χ3v) is 11.4. The van der Waals surface area contributed by atoms with Crippen molar-refractivity contribution in [2.75, 3.05) is 7.11 Å². The Labute approximate surface area is 303 Å². The first-order valence-corrected chi connectivity index (χ1v) is 17.6. The topological polar surface area (TPSA) is 61.8 Å². The summed E-state index contributed by atoms with van der Waals surface area (Å²) in [5.74, 6) is -0.351. The molecule has 0 spiro atoms. The van der Waals surface area contributed by atoms with E-state index in [1.54, 1.807) is 7.11 Å². The summed E-state index contributed by atoms with van der Waals surface area (Å²) >= 11 is 0. The number of ether oxygens (including phenoxy) is 3. The zero-order valence-electron chi connectivity index (χ0n) is 29.0. The van der Waals surface area contributed by atoms with Gasteiger partial charge in [-0.15, -0.1) is 0 Å². The Balaban J connectivity index is 1.11. The fourth-order valence-corrected chi connectivity index (χ4v) is 9.33. The Morgan fingerprint density at radius 1 is 0.654 bits per heavy atom. The molecule has 5 nitrogen and oxygen atoms in total. The van der Waals surface area contributed by atoms with Crippen LogP contribution in [0.15, 0.2) is 152 Å². The van der Waals surface area contributed by atoms with Crippen LogP contribution in [0.4, 0.5) is 0 Å². The van der Waals surface area contributed by atoms with Gasteiger partial charge in [0.15, 0.2) is 0 Å². The second-order valence-electron chi connectivity index (χ2n) is 13.9. The summed E-state index contributed by atoms with van der Waals surface area (Å²) in [6.45, 7) is 5.62. The molecule has 0 N–H and O–H groups in total. The van der Waals surface area contributed by atoms with Crippen molar-refractivity contribution in [3.8, 4) is 22.6 Å². The lowest BCUT2D eigenvalue weighted by molar-refractivity contribution is -0.153. The Morgan fingerprint density at radius 3 is 1.79 bits per heavy atom. The highest BCUT2D eigenvalue weighted by atomic mass is 16.5. The van der Waals surface area contributed by atoms with E-state index in [2.05, 4.69) is 111 Å². The van der Waals surface area contributed by atoms with Gasteiger partial charge in [-0.05, 0) is 93.2 Å². The minimum absolute atomic E-state index is 0.0806. The standard InChI is InChI=1S/C47H36O5/c1-4-44(48)51-32-22-18-30(19-23-32)46(39-14-8-5-11-34(39)35-12-6-9-15-40(35)46)31-20-24-33(25-21-31)52-45(49)43-28-37-36-13-7-10-16-41(36)47(43,50-3)42-26-17-29(2)27-38(37)42/h4-27,37,43H,1,28H2,2-3H3. The Bertz CT molecular complexity index is 2360. The van der Waals surface area contributed by atoms with Crippen LogP contribution in [-0.2, 0) is 25.3 Å². The van der Waals surface area contributed by atoms with Crippen LogP contribution < -0.4 is 9.47 Å². The summed E-state index contributed by atoms with van der Waals surface area (Å²) in [7, 11) is 1.70. The highest BCUT2D eigenvalue weighted by Crippen LogP contribution is 2.60. The molecular formula is C47H36O5. The number of benzene rings is 6. The van der Waals surface area contributed by atoms with Crippen molar-refractivity contribution >= 4 is 11.9 Å². The first-order chi connectivity index (χ1) is 25.4. The van der Waals surface area contributed by atoms with Gasteiger partial charge < -0.3 is 14.2 Å². The molecule has 6 aromatic carbocycles. The lowest BCUT2D eigenvalue weighted by Gasteiger charge is -2.52. The lowest BCUT2D eigenvalue weighted by atomic mass is 9.56. The predicted molar refractivity (Wildman–Crippen MR) is 201 cm³/mol. The molecule has 0 fully saturated rings. The molecule has 6 aromatic rings. The molecule has 0 amide bonds. The van der Waals surface area contributed by atoms with Gasteiger partial charge in [-0.2, -0.15) is 0 Å². The van der Waals surface area contributed by atoms with E-state index in [1.807, 2.05) is 42.5 Å². The van der Waals surface area contributed by atoms with E-state index in [4.69, 9.17) is 14.2 Å². The van der Waals surface area contributed by atoms with E-state index < -0.39 is 22.9 Å². The fourth-order valence-electron chi connectivity index (χ4n) is 9.33. The van der Waals surface area contributed by atoms with Gasteiger partial charge in [-0.25, -0.2) is 4.79 Å². The number of methoxy groups -OCH3 is 1. The van der Waals surface area contributed by atoms with Gasteiger partial charge in [-0.1, -0.05) is 127 Å². The van der Waals surface area contributed by atoms with Crippen molar-refractivity contribution in [2.24, 2.45) is 5.92 Å². The van der Waals surface area contributed by atoms with Crippen molar-refractivity contribution < 1.29 is 23.8 Å². The summed E-state index contributed by atoms with van der Waals surface area (Å²) in [6, 6.07) is 47.3. The maximum atomic E-state index is 14.3. The van der Waals surface area contributed by atoms with E-state index in [0.717, 1.165) is 50.6 Å². The summed E-state index contributed by atoms with van der Waals surface area (Å²) in [5, 5.41) is 0. The molecule has 2 bridgehead atoms. The van der Waals surface area contributed by atoms with Gasteiger partial charge >= 0.3 is 11.9 Å². The van der Waals surface area contributed by atoms with Crippen LogP contribution in [0.2, 0.25) is 0 Å². The average molecular weight is 681 g/mol. The van der Waals surface area contributed by atoms with Gasteiger partial charge in [0.2, 0.25) is 0 Å². The number of fused-ring (bicyclic) bond motifs is 4. The Morgan fingerprint density at radius 2 is 1.19 bits per heavy atom. The zero-order chi connectivity index (χ0) is 35.6. The molecule has 0 saturated carbocycles. The molecule has 0 radical (unpaired) electrons. The van der Waals surface area contributed by atoms with E-state index in [-0.39, 0.29) is 11.9 Å². The van der Waals surface area contributed by atoms with Gasteiger partial charge in [0.05, 0.1) is 11.3 Å². The molecule has 0 aromatic heterocycles. The summed E-state index contributed by atoms with van der Waals surface area (Å²) in [5.41, 5.74) is 10.7. The van der Waals surface area contributed by atoms with E-state index in [0.29, 0.717) is 17.9 Å². The number of esters is 2. The third-order valence-electron chi connectivity index (χ3n) is 11.4. The third kappa shape index (κ3) is 4.45. The van der Waals surface area contributed by atoms with Crippen LogP contribution in [0.1, 0.15) is 62.4 Å². The maximum Gasteiger partial charge on any atom is 0.335 e. The van der Waals surface area contributed by atoms with Gasteiger partial charge in [0, 0.05) is 19.1 Å². The van der Waals surface area contributed by atoms with Crippen LogP contribution in [0, 0.1) is 12.8 Å². The Hall–Kier alpha value is -6.04. The molecule has 52 heavy (non-hydrogen) atoms. The molecule has 0 heterocycles. The highest BCUT2D eigenvalue weighted by molar-refractivity contribution is 5.87. The number of carbonyl (C=O) groups excluding carboxylic acids is 2. The molecule has 0 saturated heterocycles. The zero-order valence-corrected chi connectivity index (χ0v) is 29.0. The van der Waals surface area contributed by atoms with Crippen molar-refractivity contribution in [1.82, 2.24) is 0 Å². The van der Waals surface area contributed by atoms with Crippen molar-refractivity contribution in [3.63, 3.8) is 0 Å². The lowest BCUT2D eigenvalue weighted by Crippen LogP contribution is -2.52. The molecule has 4 aliphatic carbocycles. The second kappa shape index (κ2) is 12.0. The first kappa shape index (κ1) is 31.9. The van der Waals surface area contributed by atoms with Crippen LogP contribution in [0.25, 0.3) is 11.1 Å². The van der Waals surface area contributed by atoms with Crippen molar-refractivity contribution in [3.05, 3.63) is 202 Å². The smallest absolute Gasteiger partial charge is 0.335 e. The van der Waals surface area contributed by atoms with E-state index >= 15 is 0 Å². The van der Waals surface area contributed by atoms with E-state index in [9.17, 15) is 9.59 Å². The SMILES string of the molecule is C=CC(=O)Oc1ccc(C2(c3ccc(OC(=O)C4CC5c6ccccc6C4(OC)c4ccc(C)cc45)cc3)c3ccccc3-c3ccccc32)cc1. The number of hydrogen-bond donors (Lipinski definition) is 0. The van der Waals surface area contributed by atoms with Crippen molar-refractivity contribution in [1.29, 1.82) is 0 Å². The van der Waals surface area contributed by atoms with Gasteiger partial charge in [-0.3, -0.25) is 4.79 Å². The highest BCUT2D eigenvalue weighted by Gasteiger charge is 2.58. The fraction of sp³-hybridized carbons (Fsp3) is 0.149. The summed E-state index contributed by atoms with van der Waals surface area (Å²) in [6.07, 6.45) is 1.76. The molecule has 5 heteroatoms. The predicted octanol–water partition coefficient (Wildman–Crippen LogP) is 9.41. The molecule has 4 aliphatic rings. The molecule has 0 aliphatic heterocycles. The van der Waals surface area contributed by atoms with Gasteiger partial charge in [0.1, 0.15) is 17.1 Å². The van der Waals surface area contributed by atoms with Crippen LogP contribution in [-0.4, -0.2) is 19.0 Å². The summed E-state index contributed by atoms with van der Waals surface area (Å²) < 4.78 is 18.1. The first-order valence-electron chi connectivity index (χ1n) is 17.6. The number of carbonyl (C=O) groups is 2. The van der Waals surface area contributed by atoms with Crippen LogP contribution in [0.5, 0.6) is 11.5 Å². The Kier molecular flexibility index (Phi) is 7.39. The monoisotopic (exact) mass is 680 g/mol. The number of rotatable bonds is 7. The quantitative estimate of drug-likeness (QED) is 0.0954. The minimum atomic E-state index is -0.946. The van der Waals surface area contributed by atoms with Crippen molar-refractivity contribution in [2.45, 2.75) is 30.3 Å². The van der Waals surface area contributed by atoms with E-state index in [1.165, 1.54) is 16.7 Å². The van der Waals surface area contributed by atoms with Crippen LogP contribution in [0.3, 0.4) is 0 Å². The second-order valence-corrected chi connectivity index (χ2v) is 13.9. The molecule has 3 unspecified atom stereocenters. The molecule has 254 valence electrons. The molecule has 10 rings (SSSR count). The number of aryl methyl sites for hydroxylation is 1. The molecular weight excluding hydrogens is 645 g/mol. The molecule has 3 atom stereocenters. The van der Waals surface area contributed by atoms with Gasteiger partial charge in [0.25, 0.3) is 0 Å². The minimum Gasteiger partial charge on any atom is -0.426 e. The number of hydrogen-bond acceptors (Lipinski definition) is 5.